The molecule has 0 aliphatic carbocycles. The molecule has 0 radical (unpaired) electrons. The standard InChI is InChI=1S/C19H20O4/c1-4-9-22-18(20)16-7-5-6-8-17(16)19(21)23-15-11-13(2)10-14(3)12-15/h5-8,10-12H,4,9H2,1-3H3. The van der Waals surface area contributed by atoms with E-state index in [4.69, 9.17) is 9.47 Å². The van der Waals surface area contributed by atoms with Gasteiger partial charge in [-0.1, -0.05) is 25.1 Å². The predicted molar refractivity (Wildman–Crippen MR) is 87.9 cm³/mol. The highest BCUT2D eigenvalue weighted by Crippen LogP contribution is 2.19. The van der Waals surface area contributed by atoms with E-state index in [-0.39, 0.29) is 11.1 Å². The van der Waals surface area contributed by atoms with Crippen molar-refractivity contribution in [2.45, 2.75) is 27.2 Å². The van der Waals surface area contributed by atoms with Gasteiger partial charge in [0.25, 0.3) is 0 Å². The van der Waals surface area contributed by atoms with Crippen molar-refractivity contribution in [3.63, 3.8) is 0 Å². The lowest BCUT2D eigenvalue weighted by Gasteiger charge is -2.10. The van der Waals surface area contributed by atoms with Gasteiger partial charge in [0.15, 0.2) is 0 Å². The van der Waals surface area contributed by atoms with Crippen LogP contribution in [-0.4, -0.2) is 18.5 Å². The second-order valence-corrected chi connectivity index (χ2v) is 5.39. The summed E-state index contributed by atoms with van der Waals surface area (Å²) < 4.78 is 10.5. The number of esters is 2. The topological polar surface area (TPSA) is 52.6 Å². The second kappa shape index (κ2) is 7.58. The minimum atomic E-state index is -0.570. The second-order valence-electron chi connectivity index (χ2n) is 5.39. The van der Waals surface area contributed by atoms with Gasteiger partial charge in [-0.15, -0.1) is 0 Å². The van der Waals surface area contributed by atoms with Gasteiger partial charge < -0.3 is 9.47 Å². The number of carbonyl (C=O) groups excluding carboxylic acids is 2. The molecule has 2 aromatic rings. The van der Waals surface area contributed by atoms with Gasteiger partial charge in [-0.25, -0.2) is 9.59 Å². The molecule has 0 aliphatic heterocycles. The van der Waals surface area contributed by atoms with Crippen LogP contribution in [0.3, 0.4) is 0 Å². The molecule has 4 nitrogen and oxygen atoms in total. The molecule has 0 bridgehead atoms. The fraction of sp³-hybridized carbons (Fsp3) is 0.263. The average Bonchev–Trinajstić information content (AvgIpc) is 2.51. The summed E-state index contributed by atoms with van der Waals surface area (Å²) in [6.45, 7) is 6.09. The van der Waals surface area contributed by atoms with Crippen LogP contribution in [0.5, 0.6) is 5.75 Å². The third-order valence-electron chi connectivity index (χ3n) is 3.21. The number of hydrogen-bond acceptors (Lipinski definition) is 4. The van der Waals surface area contributed by atoms with E-state index in [0.717, 1.165) is 17.5 Å². The highest BCUT2D eigenvalue weighted by atomic mass is 16.5. The first-order valence-electron chi connectivity index (χ1n) is 7.58. The quantitative estimate of drug-likeness (QED) is 0.616. The molecule has 2 rings (SSSR count). The van der Waals surface area contributed by atoms with E-state index in [9.17, 15) is 9.59 Å². The molecule has 4 heteroatoms. The molecule has 23 heavy (non-hydrogen) atoms. The van der Waals surface area contributed by atoms with Gasteiger partial charge in [0.2, 0.25) is 0 Å². The van der Waals surface area contributed by atoms with E-state index in [0.29, 0.717) is 12.4 Å². The molecule has 0 saturated heterocycles. The first kappa shape index (κ1) is 16.7. The van der Waals surface area contributed by atoms with Crippen LogP contribution in [0.1, 0.15) is 45.2 Å². The van der Waals surface area contributed by atoms with Crippen LogP contribution in [0.25, 0.3) is 0 Å². The van der Waals surface area contributed by atoms with Crippen LogP contribution >= 0.6 is 0 Å². The van der Waals surface area contributed by atoms with E-state index in [1.54, 1.807) is 36.4 Å². The Labute approximate surface area is 136 Å². The molecular formula is C19H20O4. The molecule has 0 unspecified atom stereocenters. The molecule has 0 spiro atoms. The molecule has 0 saturated carbocycles. The number of ether oxygens (including phenoxy) is 2. The van der Waals surface area contributed by atoms with E-state index in [1.807, 2.05) is 26.8 Å². The maximum atomic E-state index is 12.4. The minimum absolute atomic E-state index is 0.202. The first-order chi connectivity index (χ1) is 11.0. The predicted octanol–water partition coefficient (Wildman–Crippen LogP) is 4.09. The van der Waals surface area contributed by atoms with Crippen LogP contribution in [0.15, 0.2) is 42.5 Å². The van der Waals surface area contributed by atoms with E-state index >= 15 is 0 Å². The van der Waals surface area contributed by atoms with E-state index in [2.05, 4.69) is 0 Å². The Kier molecular flexibility index (Phi) is 5.52. The van der Waals surface area contributed by atoms with Crippen LogP contribution in [0.4, 0.5) is 0 Å². The highest BCUT2D eigenvalue weighted by molar-refractivity contribution is 6.03. The fourth-order valence-electron chi connectivity index (χ4n) is 2.27. The maximum Gasteiger partial charge on any atom is 0.344 e. The van der Waals surface area contributed by atoms with Crippen molar-refractivity contribution in [1.29, 1.82) is 0 Å². The van der Waals surface area contributed by atoms with Crippen LogP contribution in [0.2, 0.25) is 0 Å². The summed E-state index contributed by atoms with van der Waals surface area (Å²) >= 11 is 0. The molecule has 0 atom stereocenters. The van der Waals surface area contributed by atoms with Crippen LogP contribution in [0, 0.1) is 13.8 Å². The molecule has 0 aromatic heterocycles. The monoisotopic (exact) mass is 312 g/mol. The van der Waals surface area contributed by atoms with Gasteiger partial charge in [0, 0.05) is 0 Å². The Hall–Kier alpha value is -2.62. The van der Waals surface area contributed by atoms with Gasteiger partial charge in [0.1, 0.15) is 5.75 Å². The number of carbonyl (C=O) groups is 2. The van der Waals surface area contributed by atoms with Gasteiger partial charge in [-0.05, 0) is 55.7 Å². The third kappa shape index (κ3) is 4.42. The van der Waals surface area contributed by atoms with Crippen molar-refractivity contribution >= 4 is 11.9 Å². The molecule has 2 aromatic carbocycles. The number of hydrogen-bond donors (Lipinski definition) is 0. The summed E-state index contributed by atoms with van der Waals surface area (Å²) in [6, 6.07) is 12.1. The number of benzene rings is 2. The Morgan fingerprint density at radius 2 is 1.48 bits per heavy atom. The van der Waals surface area contributed by atoms with Crippen molar-refractivity contribution < 1.29 is 19.1 Å². The zero-order chi connectivity index (χ0) is 16.8. The number of rotatable bonds is 5. The van der Waals surface area contributed by atoms with Crippen LogP contribution in [-0.2, 0) is 4.74 Å². The maximum absolute atomic E-state index is 12.4. The Bertz CT molecular complexity index is 699. The molecule has 0 heterocycles. The molecule has 0 fully saturated rings. The Morgan fingerprint density at radius 3 is 2.04 bits per heavy atom. The summed E-state index contributed by atoms with van der Waals surface area (Å²) in [4.78, 5) is 24.5. The lowest BCUT2D eigenvalue weighted by Crippen LogP contribution is -2.16. The van der Waals surface area contributed by atoms with Gasteiger partial charge in [-0.3, -0.25) is 0 Å². The third-order valence-corrected chi connectivity index (χ3v) is 3.21. The summed E-state index contributed by atoms with van der Waals surface area (Å²) in [5, 5.41) is 0. The smallest absolute Gasteiger partial charge is 0.344 e. The lowest BCUT2D eigenvalue weighted by molar-refractivity contribution is 0.0496. The van der Waals surface area contributed by atoms with Crippen molar-refractivity contribution in [1.82, 2.24) is 0 Å². The Balaban J connectivity index is 2.24. The molecule has 0 amide bonds. The fourth-order valence-corrected chi connectivity index (χ4v) is 2.27. The average molecular weight is 312 g/mol. The largest absolute Gasteiger partial charge is 0.462 e. The van der Waals surface area contributed by atoms with Gasteiger partial charge in [-0.2, -0.15) is 0 Å². The lowest BCUT2D eigenvalue weighted by atomic mass is 10.1. The molecule has 0 aliphatic rings. The summed E-state index contributed by atoms with van der Waals surface area (Å²) in [5.41, 5.74) is 2.43. The molecule has 120 valence electrons. The van der Waals surface area contributed by atoms with E-state index in [1.165, 1.54) is 0 Å². The van der Waals surface area contributed by atoms with Crippen LogP contribution < -0.4 is 4.74 Å². The Morgan fingerprint density at radius 1 is 0.913 bits per heavy atom. The zero-order valence-corrected chi connectivity index (χ0v) is 13.6. The highest BCUT2D eigenvalue weighted by Gasteiger charge is 2.19. The molecule has 0 N–H and O–H groups in total. The normalized spacial score (nSPS) is 10.2. The van der Waals surface area contributed by atoms with E-state index < -0.39 is 11.9 Å². The summed E-state index contributed by atoms with van der Waals surface area (Å²) in [5.74, 6) is -0.622. The zero-order valence-electron chi connectivity index (χ0n) is 13.6. The minimum Gasteiger partial charge on any atom is -0.462 e. The van der Waals surface area contributed by atoms with Crippen molar-refractivity contribution in [2.75, 3.05) is 6.61 Å². The van der Waals surface area contributed by atoms with Crippen molar-refractivity contribution in [2.24, 2.45) is 0 Å². The summed E-state index contributed by atoms with van der Waals surface area (Å²) in [7, 11) is 0. The first-order valence-corrected chi connectivity index (χ1v) is 7.58. The number of aryl methyl sites for hydroxylation is 2. The van der Waals surface area contributed by atoms with Gasteiger partial charge in [0.05, 0.1) is 17.7 Å². The van der Waals surface area contributed by atoms with Gasteiger partial charge >= 0.3 is 11.9 Å². The summed E-state index contributed by atoms with van der Waals surface area (Å²) in [6.07, 6.45) is 0.723. The van der Waals surface area contributed by atoms with Crippen molar-refractivity contribution in [3.05, 3.63) is 64.7 Å². The molecular weight excluding hydrogens is 292 g/mol. The van der Waals surface area contributed by atoms with Crippen molar-refractivity contribution in [3.8, 4) is 5.75 Å². The SMILES string of the molecule is CCCOC(=O)c1ccccc1C(=O)Oc1cc(C)cc(C)c1.